The minimum atomic E-state index is -0.972. The van der Waals surface area contributed by atoms with Crippen LogP contribution < -0.4 is 9.84 Å². The summed E-state index contributed by atoms with van der Waals surface area (Å²) in [6.45, 7) is 22.5. The van der Waals surface area contributed by atoms with Crippen molar-refractivity contribution in [3.05, 3.63) is 35.9 Å². The van der Waals surface area contributed by atoms with Gasteiger partial charge in [0.25, 0.3) is 0 Å². The molecule has 1 saturated carbocycles. The van der Waals surface area contributed by atoms with Crippen LogP contribution in [0.15, 0.2) is 30.3 Å². The Kier molecular flexibility index (Phi) is 18.9. The summed E-state index contributed by atoms with van der Waals surface area (Å²) >= 11 is 0. The highest BCUT2D eigenvalue weighted by Crippen LogP contribution is 2.28. The molecule has 1 aliphatic carbocycles. The quantitative estimate of drug-likeness (QED) is 0.173. The highest BCUT2D eigenvalue weighted by atomic mass is 16.6. The van der Waals surface area contributed by atoms with Crippen molar-refractivity contribution in [3.8, 4) is 5.75 Å². The first-order valence-electron chi connectivity index (χ1n) is 16.4. The molecule has 0 saturated heterocycles. The highest BCUT2D eigenvalue weighted by molar-refractivity contribution is 5.87. The van der Waals surface area contributed by atoms with E-state index in [4.69, 9.17) is 14.2 Å². The van der Waals surface area contributed by atoms with Gasteiger partial charge in [0.05, 0.1) is 12.5 Å². The number of rotatable bonds is 12. The summed E-state index contributed by atoms with van der Waals surface area (Å²) in [5.41, 5.74) is -0.197. The maximum absolute atomic E-state index is 12.2. The molecule has 0 radical (unpaired) electrons. The fourth-order valence-corrected chi connectivity index (χ4v) is 4.66. The molecule has 1 aliphatic rings. The van der Waals surface area contributed by atoms with Gasteiger partial charge in [0, 0.05) is 17.5 Å². The van der Waals surface area contributed by atoms with Crippen LogP contribution in [0.4, 0.5) is 0 Å². The van der Waals surface area contributed by atoms with Gasteiger partial charge in [-0.15, -0.1) is 0 Å². The van der Waals surface area contributed by atoms with Crippen LogP contribution in [-0.2, 0) is 23.9 Å². The normalized spacial score (nSPS) is 17.0. The minimum Gasteiger partial charge on any atom is -0.550 e. The Morgan fingerprint density at radius 1 is 0.818 bits per heavy atom. The van der Waals surface area contributed by atoms with Gasteiger partial charge in [-0.3, -0.25) is 4.79 Å². The number of methoxy groups -OCH3 is 1. The molecule has 0 spiro atoms. The van der Waals surface area contributed by atoms with Crippen molar-refractivity contribution in [2.45, 2.75) is 133 Å². The Bertz CT molecular complexity index is 989. The second kappa shape index (κ2) is 20.2. The predicted octanol–water partition coefficient (Wildman–Crippen LogP) is 8.04. The third-order valence-corrected chi connectivity index (χ3v) is 8.76. The lowest BCUT2D eigenvalue weighted by Crippen LogP contribution is -2.37. The maximum Gasteiger partial charge on any atom is 0.331 e. The molecule has 1 aromatic carbocycles. The summed E-state index contributed by atoms with van der Waals surface area (Å²) in [5, 5.41) is 10.1. The SMILES string of the molecule is CCC(C(C)C)C(C)C.CCC(C)(C)C(=O)OC1CCC(OC(=O)/C=C/c2ccc(OC)cc2)CC1.CCC(C)(C)C(=O)[O-]. The first kappa shape index (κ1) is 41.2. The van der Waals surface area contributed by atoms with Crippen molar-refractivity contribution in [1.29, 1.82) is 0 Å². The van der Waals surface area contributed by atoms with Gasteiger partial charge in [0.2, 0.25) is 0 Å². The molecular weight excluding hydrogens is 556 g/mol. The molecule has 1 fully saturated rings. The van der Waals surface area contributed by atoms with Gasteiger partial charge in [-0.1, -0.05) is 80.9 Å². The van der Waals surface area contributed by atoms with Gasteiger partial charge >= 0.3 is 11.9 Å². The van der Waals surface area contributed by atoms with Gasteiger partial charge in [-0.25, -0.2) is 4.79 Å². The summed E-state index contributed by atoms with van der Waals surface area (Å²) in [6.07, 6.45) is 8.56. The molecule has 44 heavy (non-hydrogen) atoms. The topological polar surface area (TPSA) is 102 Å². The number of carbonyl (C=O) groups is 3. The molecule has 0 heterocycles. The van der Waals surface area contributed by atoms with Gasteiger partial charge in [0.15, 0.2) is 0 Å². The van der Waals surface area contributed by atoms with Gasteiger partial charge in [-0.2, -0.15) is 0 Å². The second-order valence-electron chi connectivity index (χ2n) is 13.7. The zero-order valence-corrected chi connectivity index (χ0v) is 29.7. The lowest BCUT2D eigenvalue weighted by Gasteiger charge is -2.30. The number of benzene rings is 1. The molecule has 0 atom stereocenters. The van der Waals surface area contributed by atoms with Gasteiger partial charge in [0.1, 0.15) is 18.0 Å². The molecule has 2 rings (SSSR count). The Balaban J connectivity index is 0.000000890. The second-order valence-corrected chi connectivity index (χ2v) is 13.7. The molecule has 252 valence electrons. The summed E-state index contributed by atoms with van der Waals surface area (Å²) in [4.78, 5) is 34.3. The average molecular weight is 618 g/mol. The molecule has 7 heteroatoms. The molecule has 0 amide bonds. The van der Waals surface area contributed by atoms with E-state index < -0.39 is 16.8 Å². The average Bonchev–Trinajstić information content (AvgIpc) is 2.97. The van der Waals surface area contributed by atoms with Crippen molar-refractivity contribution in [1.82, 2.24) is 0 Å². The van der Waals surface area contributed by atoms with Crippen molar-refractivity contribution in [2.24, 2.45) is 28.6 Å². The van der Waals surface area contributed by atoms with Crippen LogP contribution in [0.2, 0.25) is 0 Å². The number of hydrogen-bond acceptors (Lipinski definition) is 7. The molecule has 0 unspecified atom stereocenters. The van der Waals surface area contributed by atoms with E-state index in [2.05, 4.69) is 34.6 Å². The first-order valence-corrected chi connectivity index (χ1v) is 16.4. The highest BCUT2D eigenvalue weighted by Gasteiger charge is 2.32. The minimum absolute atomic E-state index is 0.0758. The van der Waals surface area contributed by atoms with Gasteiger partial charge < -0.3 is 24.1 Å². The Hall–Kier alpha value is -2.83. The number of aliphatic carboxylic acids is 1. The zero-order chi connectivity index (χ0) is 34.1. The van der Waals surface area contributed by atoms with Crippen LogP contribution >= 0.6 is 0 Å². The number of carboxylic acids is 1. The monoisotopic (exact) mass is 617 g/mol. The van der Waals surface area contributed by atoms with E-state index in [0.29, 0.717) is 19.3 Å². The third-order valence-electron chi connectivity index (χ3n) is 8.76. The van der Waals surface area contributed by atoms with E-state index in [1.165, 1.54) is 12.5 Å². The number of carbonyl (C=O) groups excluding carboxylic acids is 3. The summed E-state index contributed by atoms with van der Waals surface area (Å²) in [7, 11) is 1.61. The van der Waals surface area contributed by atoms with E-state index >= 15 is 0 Å². The standard InChI is InChI=1S/C22H30O5.C9H20.C6H12O2/c1-5-22(2,3)21(24)27-19-13-11-18(12-14-19)26-20(23)15-8-16-6-9-17(25-4)10-7-16;1-6-9(7(2)3)8(4)5;1-4-6(2,3)5(7)8/h6-10,15,18-19H,5,11-14H2,1-4H3;7-9H,6H2,1-5H3;4H2,1-3H3,(H,7,8)/p-1/b15-8+;;. The van der Waals surface area contributed by atoms with Crippen LogP contribution in [0.5, 0.6) is 5.75 Å². The van der Waals surface area contributed by atoms with Crippen molar-refractivity contribution in [3.63, 3.8) is 0 Å². The van der Waals surface area contributed by atoms with Crippen LogP contribution in [0.3, 0.4) is 0 Å². The van der Waals surface area contributed by atoms with Crippen molar-refractivity contribution >= 4 is 24.0 Å². The summed E-state index contributed by atoms with van der Waals surface area (Å²) in [5.74, 6) is 1.94. The Labute approximate surface area is 268 Å². The number of ether oxygens (including phenoxy) is 3. The molecule has 0 aromatic heterocycles. The van der Waals surface area contributed by atoms with E-state index in [1.54, 1.807) is 27.0 Å². The molecule has 1 aromatic rings. The molecule has 0 aliphatic heterocycles. The molecular formula is C37H61O7-. The number of hydrogen-bond donors (Lipinski definition) is 0. The summed E-state index contributed by atoms with van der Waals surface area (Å²) in [6, 6.07) is 7.43. The van der Waals surface area contributed by atoms with Crippen LogP contribution in [0, 0.1) is 28.6 Å². The third kappa shape index (κ3) is 15.8. The van der Waals surface area contributed by atoms with E-state index in [0.717, 1.165) is 48.3 Å². The number of carboxylic acid groups (broad SMARTS) is 1. The lowest BCUT2D eigenvalue weighted by atomic mass is 9.84. The van der Waals surface area contributed by atoms with Crippen LogP contribution in [0.25, 0.3) is 6.08 Å². The fourth-order valence-electron chi connectivity index (χ4n) is 4.66. The van der Waals surface area contributed by atoms with E-state index in [-0.39, 0.29) is 24.1 Å². The molecule has 0 bridgehead atoms. The maximum atomic E-state index is 12.2. The van der Waals surface area contributed by atoms with Crippen LogP contribution in [0.1, 0.15) is 127 Å². The predicted molar refractivity (Wildman–Crippen MR) is 177 cm³/mol. The molecule has 0 N–H and O–H groups in total. The Morgan fingerprint density at radius 2 is 1.27 bits per heavy atom. The Morgan fingerprint density at radius 3 is 1.59 bits per heavy atom. The summed E-state index contributed by atoms with van der Waals surface area (Å²) < 4.78 is 16.2. The number of esters is 2. The van der Waals surface area contributed by atoms with E-state index in [9.17, 15) is 19.5 Å². The largest absolute Gasteiger partial charge is 0.550 e. The fraction of sp³-hybridized carbons (Fsp3) is 0.703. The smallest absolute Gasteiger partial charge is 0.331 e. The molecule has 7 nitrogen and oxygen atoms in total. The van der Waals surface area contributed by atoms with E-state index in [1.807, 2.05) is 52.0 Å². The van der Waals surface area contributed by atoms with Crippen molar-refractivity contribution in [2.75, 3.05) is 7.11 Å². The van der Waals surface area contributed by atoms with Gasteiger partial charge in [-0.05, 0) is 93.9 Å². The van der Waals surface area contributed by atoms with Crippen molar-refractivity contribution < 1.29 is 33.7 Å². The zero-order valence-electron chi connectivity index (χ0n) is 29.7. The van der Waals surface area contributed by atoms with Crippen LogP contribution in [-0.4, -0.2) is 37.2 Å². The lowest BCUT2D eigenvalue weighted by molar-refractivity contribution is -0.317. The first-order chi connectivity index (χ1) is 20.4.